The van der Waals surface area contributed by atoms with Gasteiger partial charge in [0.1, 0.15) is 5.76 Å². The Kier molecular flexibility index (Phi) is 3.58. The molecule has 1 heterocycles. The normalized spacial score (nSPS) is 27.2. The first-order chi connectivity index (χ1) is 7.98. The van der Waals surface area contributed by atoms with Gasteiger partial charge in [-0.3, -0.25) is 0 Å². The molecule has 1 aromatic rings. The van der Waals surface area contributed by atoms with Gasteiger partial charge < -0.3 is 9.73 Å². The molecule has 1 fully saturated rings. The molecular formula is C12H19NO3S. The summed E-state index contributed by atoms with van der Waals surface area (Å²) in [5.74, 6) is 0.851. The van der Waals surface area contributed by atoms with Gasteiger partial charge in [0.2, 0.25) is 0 Å². The van der Waals surface area contributed by atoms with E-state index in [2.05, 4.69) is 5.32 Å². The maximum absolute atomic E-state index is 11.6. The molecule has 0 amide bonds. The van der Waals surface area contributed by atoms with Gasteiger partial charge in [-0.15, -0.1) is 0 Å². The molecule has 2 unspecified atom stereocenters. The number of rotatable bonds is 4. The summed E-state index contributed by atoms with van der Waals surface area (Å²) in [4.78, 5) is 0. The van der Waals surface area contributed by atoms with Crippen LogP contribution in [0, 0.1) is 0 Å². The SMILES string of the molecule is C[C@@H](NC1CCCC1S(C)(=O)=O)c1ccco1. The minimum atomic E-state index is -2.96. The summed E-state index contributed by atoms with van der Waals surface area (Å²) in [6, 6.07) is 3.85. The van der Waals surface area contributed by atoms with Crippen molar-refractivity contribution in [2.75, 3.05) is 6.26 Å². The van der Waals surface area contributed by atoms with Crippen LogP contribution in [0.2, 0.25) is 0 Å². The Morgan fingerprint density at radius 3 is 2.82 bits per heavy atom. The van der Waals surface area contributed by atoms with E-state index in [9.17, 15) is 8.42 Å². The third-order valence-electron chi connectivity index (χ3n) is 3.44. The van der Waals surface area contributed by atoms with Crippen molar-refractivity contribution in [1.29, 1.82) is 0 Å². The summed E-state index contributed by atoms with van der Waals surface area (Å²) >= 11 is 0. The molecule has 0 aliphatic heterocycles. The Morgan fingerprint density at radius 2 is 2.24 bits per heavy atom. The molecule has 5 heteroatoms. The average molecular weight is 257 g/mol. The minimum Gasteiger partial charge on any atom is -0.468 e. The summed E-state index contributed by atoms with van der Waals surface area (Å²) < 4.78 is 28.6. The van der Waals surface area contributed by atoms with E-state index in [-0.39, 0.29) is 17.3 Å². The van der Waals surface area contributed by atoms with Crippen molar-refractivity contribution >= 4 is 9.84 Å². The molecule has 1 aliphatic rings. The molecule has 3 atom stereocenters. The Hall–Kier alpha value is -0.810. The number of sulfone groups is 1. The molecule has 0 saturated heterocycles. The second kappa shape index (κ2) is 4.82. The third-order valence-corrected chi connectivity index (χ3v) is 5.10. The molecule has 1 N–H and O–H groups in total. The van der Waals surface area contributed by atoms with Gasteiger partial charge in [0.05, 0.1) is 17.6 Å². The number of nitrogens with one attached hydrogen (secondary N) is 1. The molecular weight excluding hydrogens is 238 g/mol. The highest BCUT2D eigenvalue weighted by atomic mass is 32.2. The van der Waals surface area contributed by atoms with Crippen LogP contribution >= 0.6 is 0 Å². The van der Waals surface area contributed by atoms with Gasteiger partial charge in [-0.05, 0) is 31.9 Å². The van der Waals surface area contributed by atoms with Crippen molar-refractivity contribution in [2.24, 2.45) is 0 Å². The van der Waals surface area contributed by atoms with E-state index >= 15 is 0 Å². The van der Waals surface area contributed by atoms with Gasteiger partial charge in [0.15, 0.2) is 9.84 Å². The number of hydrogen-bond acceptors (Lipinski definition) is 4. The second-order valence-corrected chi connectivity index (χ2v) is 7.07. The van der Waals surface area contributed by atoms with Crippen LogP contribution in [-0.4, -0.2) is 26.0 Å². The topological polar surface area (TPSA) is 59.3 Å². The highest BCUT2D eigenvalue weighted by molar-refractivity contribution is 7.91. The van der Waals surface area contributed by atoms with Crippen LogP contribution in [-0.2, 0) is 9.84 Å². The first-order valence-corrected chi connectivity index (χ1v) is 7.92. The molecule has 0 spiro atoms. The monoisotopic (exact) mass is 257 g/mol. The molecule has 1 saturated carbocycles. The van der Waals surface area contributed by atoms with Crippen molar-refractivity contribution in [3.05, 3.63) is 24.2 Å². The molecule has 2 rings (SSSR count). The van der Waals surface area contributed by atoms with Gasteiger partial charge in [0.25, 0.3) is 0 Å². The highest BCUT2D eigenvalue weighted by Crippen LogP contribution is 2.27. The zero-order chi connectivity index (χ0) is 12.5. The smallest absolute Gasteiger partial charge is 0.151 e. The summed E-state index contributed by atoms with van der Waals surface area (Å²) in [6.07, 6.45) is 5.62. The fourth-order valence-corrected chi connectivity index (χ4v) is 3.98. The van der Waals surface area contributed by atoms with Crippen LogP contribution in [0.4, 0.5) is 0 Å². The van der Waals surface area contributed by atoms with Crippen molar-refractivity contribution in [3.8, 4) is 0 Å². The number of furan rings is 1. The van der Waals surface area contributed by atoms with Crippen LogP contribution in [0.5, 0.6) is 0 Å². The van der Waals surface area contributed by atoms with Crippen LogP contribution in [0.1, 0.15) is 38.0 Å². The van der Waals surface area contributed by atoms with E-state index in [1.807, 2.05) is 19.1 Å². The van der Waals surface area contributed by atoms with Crippen LogP contribution in [0.15, 0.2) is 22.8 Å². The lowest BCUT2D eigenvalue weighted by Crippen LogP contribution is -2.41. The maximum Gasteiger partial charge on any atom is 0.151 e. The molecule has 1 aliphatic carbocycles. The lowest BCUT2D eigenvalue weighted by molar-refractivity contribution is 0.389. The van der Waals surface area contributed by atoms with Crippen molar-refractivity contribution in [1.82, 2.24) is 5.32 Å². The quantitative estimate of drug-likeness (QED) is 0.895. The van der Waals surface area contributed by atoms with Crippen LogP contribution in [0.3, 0.4) is 0 Å². The van der Waals surface area contributed by atoms with Gasteiger partial charge in [0, 0.05) is 12.3 Å². The summed E-state index contributed by atoms with van der Waals surface area (Å²) in [6.45, 7) is 2.00. The molecule has 0 aromatic carbocycles. The van der Waals surface area contributed by atoms with Crippen molar-refractivity contribution in [3.63, 3.8) is 0 Å². The highest BCUT2D eigenvalue weighted by Gasteiger charge is 2.35. The predicted molar refractivity (Wildman–Crippen MR) is 66.5 cm³/mol. The van der Waals surface area contributed by atoms with E-state index in [0.29, 0.717) is 0 Å². The standard InChI is InChI=1S/C12H19NO3S/c1-9(11-6-4-8-16-11)13-10-5-3-7-12(10)17(2,14)15/h4,6,8-10,12-13H,3,5,7H2,1-2H3/t9-,10?,12?/m1/s1. The van der Waals surface area contributed by atoms with Crippen molar-refractivity contribution < 1.29 is 12.8 Å². The average Bonchev–Trinajstić information content (AvgIpc) is 2.85. The van der Waals surface area contributed by atoms with Crippen molar-refractivity contribution in [2.45, 2.75) is 43.5 Å². The van der Waals surface area contributed by atoms with E-state index in [1.165, 1.54) is 6.26 Å². The Bertz CT molecular complexity index is 452. The minimum absolute atomic E-state index is 0.0464. The number of hydrogen-bond donors (Lipinski definition) is 1. The summed E-state index contributed by atoms with van der Waals surface area (Å²) in [5.41, 5.74) is 0. The van der Waals surface area contributed by atoms with E-state index < -0.39 is 9.84 Å². The first-order valence-electron chi connectivity index (χ1n) is 5.97. The Morgan fingerprint density at radius 1 is 1.47 bits per heavy atom. The Labute approximate surface area is 102 Å². The fraction of sp³-hybridized carbons (Fsp3) is 0.667. The van der Waals surface area contributed by atoms with Gasteiger partial charge in [-0.2, -0.15) is 0 Å². The Balaban J connectivity index is 2.04. The zero-order valence-corrected chi connectivity index (χ0v) is 11.0. The third kappa shape index (κ3) is 2.90. The van der Waals surface area contributed by atoms with Crippen LogP contribution < -0.4 is 5.32 Å². The molecule has 4 nitrogen and oxygen atoms in total. The lowest BCUT2D eigenvalue weighted by Gasteiger charge is -2.22. The second-order valence-electron chi connectivity index (χ2n) is 4.81. The fourth-order valence-electron chi connectivity index (χ4n) is 2.57. The van der Waals surface area contributed by atoms with Gasteiger partial charge in [-0.25, -0.2) is 8.42 Å². The molecule has 17 heavy (non-hydrogen) atoms. The maximum atomic E-state index is 11.6. The molecule has 0 radical (unpaired) electrons. The van der Waals surface area contributed by atoms with E-state index in [4.69, 9.17) is 4.42 Å². The van der Waals surface area contributed by atoms with E-state index in [0.717, 1.165) is 25.0 Å². The summed E-state index contributed by atoms with van der Waals surface area (Å²) in [7, 11) is -2.96. The van der Waals surface area contributed by atoms with Crippen LogP contribution in [0.25, 0.3) is 0 Å². The van der Waals surface area contributed by atoms with E-state index in [1.54, 1.807) is 6.26 Å². The molecule has 0 bridgehead atoms. The first kappa shape index (κ1) is 12.6. The predicted octanol–water partition coefficient (Wildman–Crippen LogP) is 1.90. The van der Waals surface area contributed by atoms with Gasteiger partial charge >= 0.3 is 0 Å². The lowest BCUT2D eigenvalue weighted by atomic mass is 10.2. The largest absolute Gasteiger partial charge is 0.468 e. The van der Waals surface area contributed by atoms with Gasteiger partial charge in [-0.1, -0.05) is 6.42 Å². The summed E-state index contributed by atoms with van der Waals surface area (Å²) in [5, 5.41) is 3.11. The zero-order valence-electron chi connectivity index (χ0n) is 10.2. The molecule has 1 aromatic heterocycles. The molecule has 96 valence electrons.